The van der Waals surface area contributed by atoms with Crippen LogP contribution in [-0.2, 0) is 21.3 Å². The van der Waals surface area contributed by atoms with Crippen LogP contribution in [0.3, 0.4) is 0 Å². The molecule has 1 fully saturated rings. The second-order valence-electron chi connectivity index (χ2n) is 10.2. The van der Waals surface area contributed by atoms with E-state index in [4.69, 9.17) is 25.8 Å². The first kappa shape index (κ1) is 24.2. The lowest BCUT2D eigenvalue weighted by molar-refractivity contribution is 0.0135. The van der Waals surface area contributed by atoms with E-state index in [1.54, 1.807) is 13.2 Å². The van der Waals surface area contributed by atoms with E-state index in [2.05, 4.69) is 23.6 Å². The number of methoxy groups -OCH3 is 2. The molecule has 5 nitrogen and oxygen atoms in total. The maximum atomic E-state index is 12.4. The average Bonchev–Trinajstić information content (AvgIpc) is 3.01. The Morgan fingerprint density at radius 2 is 2.14 bits per heavy atom. The van der Waals surface area contributed by atoms with Gasteiger partial charge in [-0.05, 0) is 85.4 Å². The summed E-state index contributed by atoms with van der Waals surface area (Å²) in [4.78, 5) is 14.8. The van der Waals surface area contributed by atoms with Crippen molar-refractivity contribution >= 4 is 23.3 Å². The Labute approximate surface area is 213 Å². The molecule has 0 radical (unpaired) electrons. The van der Waals surface area contributed by atoms with Gasteiger partial charge >= 0.3 is 5.97 Å². The highest BCUT2D eigenvalue weighted by Gasteiger charge is 2.44. The summed E-state index contributed by atoms with van der Waals surface area (Å²) < 4.78 is 17.2. The number of carbonyl (C=O) groups excluding carboxylic acids is 1. The Bertz CT molecular complexity index is 1120. The number of fused-ring (bicyclic) bond motifs is 3. The van der Waals surface area contributed by atoms with E-state index in [0.29, 0.717) is 24.0 Å². The third kappa shape index (κ3) is 4.45. The zero-order valence-corrected chi connectivity index (χ0v) is 21.4. The van der Waals surface area contributed by atoms with Crippen molar-refractivity contribution in [2.45, 2.75) is 43.6 Å². The van der Waals surface area contributed by atoms with Gasteiger partial charge in [0.05, 0.1) is 31.1 Å². The normalized spacial score (nSPS) is 26.0. The number of ether oxygens (including phenoxy) is 3. The Kier molecular flexibility index (Phi) is 6.82. The van der Waals surface area contributed by atoms with E-state index < -0.39 is 0 Å². The number of aryl methyl sites for hydroxylation is 1. The third-order valence-corrected chi connectivity index (χ3v) is 8.55. The molecule has 5 rings (SSSR count). The fourth-order valence-electron chi connectivity index (χ4n) is 6.34. The Morgan fingerprint density at radius 3 is 2.86 bits per heavy atom. The molecule has 3 aliphatic rings. The van der Waals surface area contributed by atoms with E-state index in [9.17, 15) is 4.79 Å². The number of halogens is 1. The number of hydrogen-bond donors (Lipinski definition) is 0. The number of carbonyl (C=O) groups is 1. The molecule has 2 aromatic rings. The van der Waals surface area contributed by atoms with Crippen molar-refractivity contribution in [3.63, 3.8) is 0 Å². The molecular formula is C29H34ClNO4. The zero-order valence-electron chi connectivity index (χ0n) is 20.6. The first-order chi connectivity index (χ1) is 17.0. The van der Waals surface area contributed by atoms with Crippen LogP contribution in [0.4, 0.5) is 5.69 Å². The van der Waals surface area contributed by atoms with Gasteiger partial charge in [-0.15, -0.1) is 6.58 Å². The van der Waals surface area contributed by atoms with E-state index in [1.165, 1.54) is 18.2 Å². The highest BCUT2D eigenvalue weighted by atomic mass is 35.5. The molecule has 4 atom stereocenters. The maximum absolute atomic E-state index is 12.4. The van der Waals surface area contributed by atoms with Crippen molar-refractivity contribution in [1.82, 2.24) is 0 Å². The lowest BCUT2D eigenvalue weighted by atomic mass is 9.68. The van der Waals surface area contributed by atoms with Gasteiger partial charge in [0, 0.05) is 30.6 Å². The zero-order chi connectivity index (χ0) is 24.6. The quantitative estimate of drug-likeness (QED) is 0.373. The number of esters is 1. The molecule has 0 saturated heterocycles. The minimum absolute atomic E-state index is 0.0596. The topological polar surface area (TPSA) is 48.0 Å². The largest absolute Gasteiger partial charge is 0.490 e. The van der Waals surface area contributed by atoms with Crippen LogP contribution in [0.1, 0.15) is 47.2 Å². The number of nitrogens with zero attached hydrogens (tertiary/aromatic N) is 1. The predicted molar refractivity (Wildman–Crippen MR) is 139 cm³/mol. The van der Waals surface area contributed by atoms with Gasteiger partial charge in [-0.3, -0.25) is 0 Å². The molecule has 2 aliphatic carbocycles. The molecule has 0 N–H and O–H groups in total. The minimum Gasteiger partial charge on any atom is -0.490 e. The van der Waals surface area contributed by atoms with Gasteiger partial charge in [-0.25, -0.2) is 4.79 Å². The SMILES string of the molecule is C=C[C@H](OC)[C@@H]1CC[C@H]1CN1C[C@@]2(CCCc3cc(Cl)ccc32)COc2ccc(C(=O)OC)cc21. The van der Waals surface area contributed by atoms with Crippen LogP contribution in [0.25, 0.3) is 0 Å². The molecule has 1 spiro atoms. The van der Waals surface area contributed by atoms with Crippen LogP contribution >= 0.6 is 11.6 Å². The van der Waals surface area contributed by atoms with Crippen LogP contribution in [0, 0.1) is 11.8 Å². The first-order valence-electron chi connectivity index (χ1n) is 12.5. The molecular weight excluding hydrogens is 462 g/mol. The predicted octanol–water partition coefficient (Wildman–Crippen LogP) is 5.83. The Hall–Kier alpha value is -2.50. The molecule has 186 valence electrons. The van der Waals surface area contributed by atoms with Gasteiger partial charge in [0.2, 0.25) is 0 Å². The van der Waals surface area contributed by atoms with Crippen LogP contribution in [-0.4, -0.2) is 46.0 Å². The standard InChI is InChI=1S/C29H34ClNO4/c1-4-26(33-2)23-10-7-21(23)16-31-17-29(13-5-6-19-14-22(30)9-11-24(19)29)18-35-27-12-8-20(15-25(27)31)28(32)34-3/h4,8-9,11-12,14-15,21,23,26H,1,5-7,10,13,16-18H2,2-3H3/t21-,23+,26-,29-/m0/s1. The Morgan fingerprint density at radius 1 is 1.29 bits per heavy atom. The van der Waals surface area contributed by atoms with Gasteiger partial charge in [0.1, 0.15) is 5.75 Å². The van der Waals surface area contributed by atoms with Crippen LogP contribution in [0.15, 0.2) is 49.1 Å². The van der Waals surface area contributed by atoms with Crippen LogP contribution < -0.4 is 9.64 Å². The van der Waals surface area contributed by atoms with Gasteiger partial charge in [0.15, 0.2) is 0 Å². The van der Waals surface area contributed by atoms with E-state index >= 15 is 0 Å². The summed E-state index contributed by atoms with van der Waals surface area (Å²) in [5, 5.41) is 0.783. The summed E-state index contributed by atoms with van der Waals surface area (Å²) in [6, 6.07) is 11.9. The summed E-state index contributed by atoms with van der Waals surface area (Å²) >= 11 is 6.36. The highest BCUT2D eigenvalue weighted by molar-refractivity contribution is 6.30. The second-order valence-corrected chi connectivity index (χ2v) is 10.7. The molecule has 0 amide bonds. The smallest absolute Gasteiger partial charge is 0.337 e. The molecule has 2 aromatic carbocycles. The van der Waals surface area contributed by atoms with E-state index in [1.807, 2.05) is 24.3 Å². The molecule has 1 saturated carbocycles. The summed E-state index contributed by atoms with van der Waals surface area (Å²) in [6.45, 7) is 6.29. The monoisotopic (exact) mass is 495 g/mol. The second kappa shape index (κ2) is 9.87. The van der Waals surface area contributed by atoms with Gasteiger partial charge in [0.25, 0.3) is 0 Å². The Balaban J connectivity index is 1.54. The average molecular weight is 496 g/mol. The van der Waals surface area contributed by atoms with Crippen molar-refractivity contribution in [2.75, 3.05) is 38.8 Å². The molecule has 35 heavy (non-hydrogen) atoms. The summed E-state index contributed by atoms with van der Waals surface area (Å²) in [5.41, 5.74) is 4.02. The number of benzene rings is 2. The molecule has 0 unspecified atom stereocenters. The first-order valence-corrected chi connectivity index (χ1v) is 12.9. The van der Waals surface area contributed by atoms with Gasteiger partial charge in [-0.2, -0.15) is 0 Å². The van der Waals surface area contributed by atoms with Crippen LogP contribution in [0.5, 0.6) is 5.75 Å². The number of rotatable bonds is 6. The van der Waals surface area contributed by atoms with E-state index in [0.717, 1.165) is 61.7 Å². The highest BCUT2D eigenvalue weighted by Crippen LogP contribution is 2.46. The fourth-order valence-corrected chi connectivity index (χ4v) is 6.54. The number of hydrogen-bond acceptors (Lipinski definition) is 5. The van der Waals surface area contributed by atoms with Crippen molar-refractivity contribution in [1.29, 1.82) is 0 Å². The third-order valence-electron chi connectivity index (χ3n) is 8.32. The van der Waals surface area contributed by atoms with E-state index in [-0.39, 0.29) is 17.5 Å². The molecule has 6 heteroatoms. The van der Waals surface area contributed by atoms with Crippen molar-refractivity contribution in [3.05, 3.63) is 70.8 Å². The summed E-state index contributed by atoms with van der Waals surface area (Å²) in [7, 11) is 3.18. The molecule has 1 aliphatic heterocycles. The minimum atomic E-state index is -0.336. The van der Waals surface area contributed by atoms with Gasteiger partial charge in [-0.1, -0.05) is 23.7 Å². The summed E-state index contributed by atoms with van der Waals surface area (Å²) in [6.07, 6.45) is 7.47. The lowest BCUT2D eigenvalue weighted by Crippen LogP contribution is -2.49. The molecule has 0 bridgehead atoms. The summed E-state index contributed by atoms with van der Waals surface area (Å²) in [5.74, 6) is 1.41. The molecule has 1 heterocycles. The molecule has 0 aromatic heterocycles. The van der Waals surface area contributed by atoms with Crippen molar-refractivity contribution < 1.29 is 19.0 Å². The fraction of sp³-hybridized carbons (Fsp3) is 0.483. The maximum Gasteiger partial charge on any atom is 0.337 e. The lowest BCUT2D eigenvalue weighted by Gasteiger charge is -2.46. The van der Waals surface area contributed by atoms with Gasteiger partial charge < -0.3 is 19.1 Å². The van der Waals surface area contributed by atoms with Crippen LogP contribution in [0.2, 0.25) is 5.02 Å². The number of anilines is 1. The van der Waals surface area contributed by atoms with Crippen molar-refractivity contribution in [3.8, 4) is 5.75 Å². The van der Waals surface area contributed by atoms with Crippen molar-refractivity contribution in [2.24, 2.45) is 11.8 Å².